The fourth-order valence-corrected chi connectivity index (χ4v) is 5.82. The van der Waals surface area contributed by atoms with Crippen molar-refractivity contribution in [2.24, 2.45) is 4.99 Å². The Hall–Kier alpha value is -4.20. The summed E-state index contributed by atoms with van der Waals surface area (Å²) in [5, 5.41) is 14.8. The van der Waals surface area contributed by atoms with Gasteiger partial charge in [0.15, 0.2) is 0 Å². The molecule has 3 heterocycles. The molecule has 4 aromatic rings. The number of hydrogen-bond donors (Lipinski definition) is 1. The highest BCUT2D eigenvalue weighted by Crippen LogP contribution is 2.40. The van der Waals surface area contributed by atoms with Gasteiger partial charge in [-0.3, -0.25) is 19.7 Å². The van der Waals surface area contributed by atoms with Crippen molar-refractivity contribution in [1.82, 2.24) is 30.5 Å². The third-order valence-electron chi connectivity index (χ3n) is 7.90. The number of pyridine rings is 1. The van der Waals surface area contributed by atoms with Gasteiger partial charge in [0.1, 0.15) is 11.4 Å². The molecule has 6 rings (SSSR count). The van der Waals surface area contributed by atoms with Gasteiger partial charge in [-0.25, -0.2) is 0 Å². The number of amidine groups is 1. The second-order valence-electron chi connectivity index (χ2n) is 10.7. The smallest absolute Gasteiger partial charge is 0.256 e. The second kappa shape index (κ2) is 10.5. The minimum atomic E-state index is -0.506. The quantitative estimate of drug-likeness (QED) is 0.301. The van der Waals surface area contributed by atoms with Crippen LogP contribution in [0.4, 0.5) is 0 Å². The van der Waals surface area contributed by atoms with Gasteiger partial charge in [-0.1, -0.05) is 56.5 Å². The van der Waals surface area contributed by atoms with Crippen LogP contribution in [-0.4, -0.2) is 47.8 Å². The van der Waals surface area contributed by atoms with Gasteiger partial charge in [-0.05, 0) is 77.4 Å². The maximum absolute atomic E-state index is 13.6. The number of amides is 1. The molecule has 2 aliphatic rings. The van der Waals surface area contributed by atoms with Crippen LogP contribution in [0.3, 0.4) is 0 Å². The van der Waals surface area contributed by atoms with E-state index in [-0.39, 0.29) is 5.91 Å². The van der Waals surface area contributed by atoms with Crippen molar-refractivity contribution < 1.29 is 4.79 Å². The molecule has 8 heteroatoms. The Bertz CT molecular complexity index is 1500. The Labute approximate surface area is 228 Å². The van der Waals surface area contributed by atoms with E-state index >= 15 is 0 Å². The molecule has 39 heavy (non-hydrogen) atoms. The lowest BCUT2D eigenvalue weighted by Crippen LogP contribution is -2.40. The lowest BCUT2D eigenvalue weighted by Gasteiger charge is -2.23. The molecule has 8 nitrogen and oxygen atoms in total. The molecule has 1 spiro atoms. The molecule has 1 amide bonds. The number of aromatic nitrogens is 5. The number of unbranched alkanes of at least 4 members (excludes halogenated alkanes) is 1. The number of rotatable bonds is 8. The average molecular weight is 520 g/mol. The number of aromatic amines is 1. The summed E-state index contributed by atoms with van der Waals surface area (Å²) < 4.78 is 0. The van der Waals surface area contributed by atoms with Crippen LogP contribution in [-0.2, 0) is 11.3 Å². The predicted octanol–water partition coefficient (Wildman–Crippen LogP) is 6.15. The third-order valence-corrected chi connectivity index (χ3v) is 7.90. The standard InChI is InChI=1S/C31H33N7O/c1-3-4-7-28-33-31(14-5-6-15-31)30(39)38(28)20-22-8-10-23(11-9-22)27-17-24(25-16-21(2)18-32-19-25)12-13-26(27)29-34-36-37-35-29/h8-13,16-19H,3-7,14-15,20H2,1-2H3,(H,34,35,36,37). The first kappa shape index (κ1) is 25.1. The van der Waals surface area contributed by atoms with Crippen molar-refractivity contribution in [1.29, 1.82) is 0 Å². The van der Waals surface area contributed by atoms with Crippen molar-refractivity contribution in [3.63, 3.8) is 0 Å². The molecule has 2 aromatic heterocycles. The normalized spacial score (nSPS) is 16.3. The van der Waals surface area contributed by atoms with Crippen molar-refractivity contribution in [2.75, 3.05) is 0 Å². The number of hydrogen-bond acceptors (Lipinski definition) is 6. The monoisotopic (exact) mass is 519 g/mol. The van der Waals surface area contributed by atoms with Crippen molar-refractivity contribution >= 4 is 11.7 Å². The van der Waals surface area contributed by atoms with Gasteiger partial charge in [-0.2, -0.15) is 5.21 Å². The van der Waals surface area contributed by atoms with E-state index in [2.05, 4.69) is 75.0 Å². The molecule has 0 radical (unpaired) electrons. The molecule has 1 aliphatic heterocycles. The summed E-state index contributed by atoms with van der Waals surface area (Å²) in [6.45, 7) is 4.77. The van der Waals surface area contributed by atoms with Gasteiger partial charge in [0, 0.05) is 29.9 Å². The van der Waals surface area contributed by atoms with Gasteiger partial charge < -0.3 is 0 Å². The summed E-state index contributed by atoms with van der Waals surface area (Å²) >= 11 is 0. The molecule has 2 aromatic carbocycles. The van der Waals surface area contributed by atoms with Crippen molar-refractivity contribution in [3.05, 3.63) is 72.1 Å². The molecular formula is C31H33N7O. The Kier molecular flexibility index (Phi) is 6.77. The van der Waals surface area contributed by atoms with Crippen molar-refractivity contribution in [2.45, 2.75) is 70.9 Å². The summed E-state index contributed by atoms with van der Waals surface area (Å²) in [5.41, 5.74) is 6.76. The van der Waals surface area contributed by atoms with E-state index < -0.39 is 5.54 Å². The molecule has 0 atom stereocenters. The van der Waals surface area contributed by atoms with Gasteiger partial charge >= 0.3 is 0 Å². The van der Waals surface area contributed by atoms with E-state index in [9.17, 15) is 4.79 Å². The summed E-state index contributed by atoms with van der Waals surface area (Å²) in [5.74, 6) is 1.70. The van der Waals surface area contributed by atoms with Crippen LogP contribution in [0.5, 0.6) is 0 Å². The van der Waals surface area contributed by atoms with Gasteiger partial charge in [-0.15, -0.1) is 10.2 Å². The Morgan fingerprint density at radius 1 is 0.949 bits per heavy atom. The molecule has 1 aliphatic carbocycles. The van der Waals surface area contributed by atoms with Crippen LogP contribution < -0.4 is 0 Å². The minimum Gasteiger partial charge on any atom is -0.294 e. The molecule has 0 bridgehead atoms. The highest BCUT2D eigenvalue weighted by molar-refractivity contribution is 6.08. The Balaban J connectivity index is 1.31. The number of carbonyl (C=O) groups is 1. The van der Waals surface area contributed by atoms with Gasteiger partial charge in [0.05, 0.1) is 6.54 Å². The second-order valence-corrected chi connectivity index (χ2v) is 10.7. The lowest BCUT2D eigenvalue weighted by atomic mass is 9.93. The topological polar surface area (TPSA) is 100 Å². The molecule has 0 saturated heterocycles. The number of benzene rings is 2. The van der Waals surface area contributed by atoms with Crippen LogP contribution in [0.25, 0.3) is 33.6 Å². The zero-order valence-electron chi connectivity index (χ0n) is 22.5. The highest BCUT2D eigenvalue weighted by Gasteiger charge is 2.49. The first-order valence-corrected chi connectivity index (χ1v) is 13.9. The number of nitrogens with zero attached hydrogens (tertiary/aromatic N) is 6. The van der Waals surface area contributed by atoms with Crippen LogP contribution in [0.2, 0.25) is 0 Å². The number of nitrogens with one attached hydrogen (secondary N) is 1. The van der Waals surface area contributed by atoms with Crippen LogP contribution in [0.1, 0.15) is 63.0 Å². The maximum Gasteiger partial charge on any atom is 0.256 e. The number of H-pyrrole nitrogens is 1. The number of carbonyl (C=O) groups excluding carboxylic acids is 1. The highest BCUT2D eigenvalue weighted by atomic mass is 16.2. The van der Waals surface area contributed by atoms with E-state index in [1.54, 1.807) is 0 Å². The van der Waals surface area contributed by atoms with Crippen LogP contribution >= 0.6 is 0 Å². The molecule has 198 valence electrons. The zero-order chi connectivity index (χ0) is 26.8. The van der Waals surface area contributed by atoms with Gasteiger partial charge in [0.25, 0.3) is 5.91 Å². The van der Waals surface area contributed by atoms with E-state index in [1.807, 2.05) is 30.3 Å². The maximum atomic E-state index is 13.6. The largest absolute Gasteiger partial charge is 0.294 e. The molecule has 0 unspecified atom stereocenters. The molecule has 1 saturated carbocycles. The van der Waals surface area contributed by atoms with E-state index in [4.69, 9.17) is 4.99 Å². The fourth-order valence-electron chi connectivity index (χ4n) is 5.82. The van der Waals surface area contributed by atoms with E-state index in [0.717, 1.165) is 89.7 Å². The van der Waals surface area contributed by atoms with Crippen LogP contribution in [0, 0.1) is 6.92 Å². The summed E-state index contributed by atoms with van der Waals surface area (Å²) in [6.07, 6.45) is 10.6. The summed E-state index contributed by atoms with van der Waals surface area (Å²) in [7, 11) is 0. The molecule has 1 fully saturated rings. The SMILES string of the molecule is CCCCC1=NC2(CCCC2)C(=O)N1Cc1ccc(-c2cc(-c3cncc(C)c3)ccc2-c2nn[nH]n2)cc1. The van der Waals surface area contributed by atoms with Crippen molar-refractivity contribution in [3.8, 4) is 33.6 Å². The summed E-state index contributed by atoms with van der Waals surface area (Å²) in [6, 6.07) is 16.8. The number of tetrazole rings is 1. The first-order valence-electron chi connectivity index (χ1n) is 13.9. The lowest BCUT2D eigenvalue weighted by molar-refractivity contribution is -0.131. The Morgan fingerprint density at radius 3 is 2.46 bits per heavy atom. The molecular weight excluding hydrogens is 486 g/mol. The third kappa shape index (κ3) is 4.87. The fraction of sp³-hybridized carbons (Fsp3) is 0.355. The number of aryl methyl sites for hydroxylation is 1. The zero-order valence-corrected chi connectivity index (χ0v) is 22.5. The van der Waals surface area contributed by atoms with Gasteiger partial charge in [0.2, 0.25) is 5.82 Å². The first-order chi connectivity index (χ1) is 19.1. The predicted molar refractivity (Wildman–Crippen MR) is 152 cm³/mol. The van der Waals surface area contributed by atoms with E-state index in [0.29, 0.717) is 12.4 Å². The average Bonchev–Trinajstić information content (AvgIpc) is 3.72. The minimum absolute atomic E-state index is 0.189. The van der Waals surface area contributed by atoms with E-state index in [1.165, 1.54) is 0 Å². The summed E-state index contributed by atoms with van der Waals surface area (Å²) in [4.78, 5) is 24.9. The molecule has 1 N–H and O–H groups in total. The Morgan fingerprint density at radius 2 is 1.74 bits per heavy atom. The van der Waals surface area contributed by atoms with Crippen LogP contribution in [0.15, 0.2) is 65.9 Å². The number of aliphatic imine (C=N–C) groups is 1.